The second-order valence-electron chi connectivity index (χ2n) is 6.91. The van der Waals surface area contributed by atoms with E-state index >= 15 is 0 Å². The van der Waals surface area contributed by atoms with Crippen molar-refractivity contribution < 1.29 is 9.59 Å². The Hall–Kier alpha value is -2.12. The van der Waals surface area contributed by atoms with Crippen molar-refractivity contribution in [2.45, 2.75) is 38.6 Å². The molecule has 24 heavy (non-hydrogen) atoms. The largest absolute Gasteiger partial charge is 0.332 e. The smallest absolute Gasteiger partial charge is 0.319 e. The molecule has 3 heterocycles. The molecule has 132 valence electrons. The van der Waals surface area contributed by atoms with Crippen molar-refractivity contribution >= 4 is 11.9 Å². The predicted octanol–water partition coefficient (Wildman–Crippen LogP) is 1.17. The van der Waals surface area contributed by atoms with Crippen LogP contribution >= 0.6 is 0 Å². The minimum Gasteiger partial charge on any atom is -0.332 e. The Balaban J connectivity index is 1.61. The van der Waals surface area contributed by atoms with Crippen LogP contribution in [0.1, 0.15) is 43.4 Å². The van der Waals surface area contributed by atoms with Crippen LogP contribution in [0.25, 0.3) is 0 Å². The SMILES string of the molecule is Cc1nc([C@H]2CCCN2C(=O)C2CCN(C(=O)N(C)C)CC2)n[nH]1. The highest BCUT2D eigenvalue weighted by Gasteiger charge is 2.37. The first-order valence-corrected chi connectivity index (χ1v) is 8.63. The maximum absolute atomic E-state index is 12.9. The van der Waals surface area contributed by atoms with Crippen molar-refractivity contribution in [1.29, 1.82) is 0 Å². The number of carbonyl (C=O) groups is 2. The molecule has 0 unspecified atom stereocenters. The zero-order valence-corrected chi connectivity index (χ0v) is 14.7. The molecule has 1 aromatic heterocycles. The second kappa shape index (κ2) is 6.78. The van der Waals surface area contributed by atoms with Gasteiger partial charge in [-0.3, -0.25) is 9.89 Å². The lowest BCUT2D eigenvalue weighted by Crippen LogP contribution is -2.47. The lowest BCUT2D eigenvalue weighted by molar-refractivity contribution is -0.138. The summed E-state index contributed by atoms with van der Waals surface area (Å²) in [5.74, 6) is 1.69. The Labute approximate surface area is 142 Å². The van der Waals surface area contributed by atoms with Gasteiger partial charge in [-0.25, -0.2) is 9.78 Å². The van der Waals surface area contributed by atoms with Gasteiger partial charge < -0.3 is 14.7 Å². The fourth-order valence-corrected chi connectivity index (χ4v) is 3.64. The lowest BCUT2D eigenvalue weighted by atomic mass is 9.95. The summed E-state index contributed by atoms with van der Waals surface area (Å²) in [5, 5.41) is 7.11. The van der Waals surface area contributed by atoms with E-state index in [1.807, 2.05) is 16.7 Å². The van der Waals surface area contributed by atoms with Crippen molar-refractivity contribution in [3.8, 4) is 0 Å². The van der Waals surface area contributed by atoms with Crippen LogP contribution in [0.3, 0.4) is 0 Å². The molecule has 2 fully saturated rings. The highest BCUT2D eigenvalue weighted by atomic mass is 16.2. The number of nitrogens with zero attached hydrogens (tertiary/aromatic N) is 5. The number of aromatic nitrogens is 3. The molecule has 0 radical (unpaired) electrons. The molecule has 0 bridgehead atoms. The van der Waals surface area contributed by atoms with Gasteiger partial charge in [-0.05, 0) is 32.6 Å². The van der Waals surface area contributed by atoms with Crippen LogP contribution in [0.2, 0.25) is 0 Å². The second-order valence-corrected chi connectivity index (χ2v) is 6.91. The fourth-order valence-electron chi connectivity index (χ4n) is 3.64. The number of hydrogen-bond donors (Lipinski definition) is 1. The Morgan fingerprint density at radius 1 is 1.17 bits per heavy atom. The van der Waals surface area contributed by atoms with Gasteiger partial charge in [0.2, 0.25) is 5.91 Å². The Morgan fingerprint density at radius 2 is 1.88 bits per heavy atom. The molecule has 0 saturated carbocycles. The predicted molar refractivity (Wildman–Crippen MR) is 88.2 cm³/mol. The van der Waals surface area contributed by atoms with E-state index in [-0.39, 0.29) is 23.9 Å². The summed E-state index contributed by atoms with van der Waals surface area (Å²) in [4.78, 5) is 34.7. The molecule has 0 spiro atoms. The number of H-pyrrole nitrogens is 1. The number of aryl methyl sites for hydroxylation is 1. The molecule has 8 nitrogen and oxygen atoms in total. The van der Waals surface area contributed by atoms with Crippen molar-refractivity contribution in [2.24, 2.45) is 5.92 Å². The molecule has 1 atom stereocenters. The van der Waals surface area contributed by atoms with E-state index in [1.54, 1.807) is 19.0 Å². The van der Waals surface area contributed by atoms with Gasteiger partial charge >= 0.3 is 6.03 Å². The van der Waals surface area contributed by atoms with E-state index in [9.17, 15) is 9.59 Å². The Morgan fingerprint density at radius 3 is 2.46 bits per heavy atom. The van der Waals surface area contributed by atoms with E-state index in [1.165, 1.54) is 0 Å². The van der Waals surface area contributed by atoms with Crippen LogP contribution in [0, 0.1) is 12.8 Å². The van der Waals surface area contributed by atoms with Gasteiger partial charge in [0.15, 0.2) is 5.82 Å². The van der Waals surface area contributed by atoms with E-state index in [0.29, 0.717) is 13.1 Å². The van der Waals surface area contributed by atoms with Gasteiger partial charge in [0, 0.05) is 39.6 Å². The van der Waals surface area contributed by atoms with Crippen molar-refractivity contribution in [3.05, 3.63) is 11.6 Å². The molecular formula is C16H26N6O2. The zero-order valence-electron chi connectivity index (χ0n) is 14.7. The molecule has 1 aromatic rings. The third-order valence-electron chi connectivity index (χ3n) is 4.95. The van der Waals surface area contributed by atoms with Gasteiger partial charge in [-0.15, -0.1) is 0 Å². The summed E-state index contributed by atoms with van der Waals surface area (Å²) < 4.78 is 0. The summed E-state index contributed by atoms with van der Waals surface area (Å²) in [5.41, 5.74) is 0. The molecule has 8 heteroatoms. The third-order valence-corrected chi connectivity index (χ3v) is 4.95. The molecule has 2 aliphatic rings. The number of urea groups is 1. The van der Waals surface area contributed by atoms with E-state index in [4.69, 9.17) is 0 Å². The highest BCUT2D eigenvalue weighted by Crippen LogP contribution is 2.33. The summed E-state index contributed by atoms with van der Waals surface area (Å²) >= 11 is 0. The monoisotopic (exact) mass is 334 g/mol. The van der Waals surface area contributed by atoms with E-state index < -0.39 is 0 Å². The number of nitrogens with one attached hydrogen (secondary N) is 1. The molecule has 2 aliphatic heterocycles. The normalized spacial score (nSPS) is 22.0. The molecule has 1 N–H and O–H groups in total. The third kappa shape index (κ3) is 3.22. The lowest BCUT2D eigenvalue weighted by Gasteiger charge is -2.35. The Bertz CT molecular complexity index is 605. The first kappa shape index (κ1) is 16.7. The fraction of sp³-hybridized carbons (Fsp3) is 0.750. The van der Waals surface area contributed by atoms with Crippen molar-refractivity contribution in [2.75, 3.05) is 33.7 Å². The summed E-state index contributed by atoms with van der Waals surface area (Å²) in [6, 6.07) is 0.0139. The summed E-state index contributed by atoms with van der Waals surface area (Å²) in [7, 11) is 3.51. The Kier molecular flexibility index (Phi) is 4.73. The average molecular weight is 334 g/mol. The van der Waals surface area contributed by atoms with Gasteiger partial charge in [0.25, 0.3) is 0 Å². The van der Waals surface area contributed by atoms with E-state index in [0.717, 1.165) is 43.9 Å². The number of aromatic amines is 1. The zero-order chi connectivity index (χ0) is 17.3. The summed E-state index contributed by atoms with van der Waals surface area (Å²) in [6.45, 7) is 3.93. The number of amides is 3. The maximum Gasteiger partial charge on any atom is 0.319 e. The average Bonchev–Trinajstić information content (AvgIpc) is 3.22. The molecule has 3 rings (SSSR count). The number of likely N-dealkylation sites (tertiary alicyclic amines) is 2. The maximum atomic E-state index is 12.9. The summed E-state index contributed by atoms with van der Waals surface area (Å²) in [6.07, 6.45) is 3.37. The van der Waals surface area contributed by atoms with Crippen LogP contribution in [0.5, 0.6) is 0 Å². The van der Waals surface area contributed by atoms with Crippen LogP contribution in [-0.2, 0) is 4.79 Å². The van der Waals surface area contributed by atoms with Gasteiger partial charge in [-0.1, -0.05) is 0 Å². The van der Waals surface area contributed by atoms with Crippen LogP contribution in [0.4, 0.5) is 4.79 Å². The number of hydrogen-bond acceptors (Lipinski definition) is 4. The van der Waals surface area contributed by atoms with Gasteiger partial charge in [0.1, 0.15) is 5.82 Å². The standard InChI is InChI=1S/C16H26N6O2/c1-11-17-14(19-18-11)13-5-4-8-22(13)15(23)12-6-9-21(10-7-12)16(24)20(2)3/h12-13H,4-10H2,1-3H3,(H,17,18,19)/t13-/m1/s1. The number of rotatable bonds is 2. The van der Waals surface area contributed by atoms with Crippen LogP contribution < -0.4 is 0 Å². The first-order valence-electron chi connectivity index (χ1n) is 8.63. The van der Waals surface area contributed by atoms with Crippen molar-refractivity contribution in [3.63, 3.8) is 0 Å². The van der Waals surface area contributed by atoms with Gasteiger partial charge in [0.05, 0.1) is 6.04 Å². The minimum absolute atomic E-state index is 0.00292. The molecule has 0 aliphatic carbocycles. The number of piperidine rings is 1. The van der Waals surface area contributed by atoms with Crippen molar-refractivity contribution in [1.82, 2.24) is 29.9 Å². The minimum atomic E-state index is -0.0103. The molecule has 2 saturated heterocycles. The molecule has 3 amide bonds. The van der Waals surface area contributed by atoms with Crippen LogP contribution in [0.15, 0.2) is 0 Å². The topological polar surface area (TPSA) is 85.4 Å². The highest BCUT2D eigenvalue weighted by molar-refractivity contribution is 5.80. The van der Waals surface area contributed by atoms with E-state index in [2.05, 4.69) is 15.2 Å². The van der Waals surface area contributed by atoms with Crippen LogP contribution in [-0.4, -0.2) is 75.5 Å². The first-order chi connectivity index (χ1) is 11.5. The quantitative estimate of drug-likeness (QED) is 0.880. The van der Waals surface area contributed by atoms with Gasteiger partial charge in [-0.2, -0.15) is 5.10 Å². The molecule has 0 aromatic carbocycles. The number of carbonyl (C=O) groups excluding carboxylic acids is 2. The molecular weight excluding hydrogens is 308 g/mol.